The number of hydrogen-bond acceptors (Lipinski definition) is 5. The lowest BCUT2D eigenvalue weighted by atomic mass is 10.2. The van der Waals surface area contributed by atoms with E-state index in [0.717, 1.165) is 55.9 Å². The molecule has 3 heterocycles. The highest BCUT2D eigenvalue weighted by Crippen LogP contribution is 2.22. The highest BCUT2D eigenvalue weighted by molar-refractivity contribution is 5.76. The van der Waals surface area contributed by atoms with Crippen molar-refractivity contribution in [3.05, 3.63) is 42.7 Å². The molecule has 0 unspecified atom stereocenters. The third kappa shape index (κ3) is 3.51. The van der Waals surface area contributed by atoms with E-state index in [1.807, 2.05) is 6.20 Å². The number of likely N-dealkylation sites (N-methyl/N-ethyl adjacent to an activating group) is 1. The molecule has 1 N–H and O–H groups in total. The SMILES string of the molecule is CCCn1ccc2cnc(Nc3ccc(N4CCN(C)CC4)cc3)nc21. The first-order valence-corrected chi connectivity index (χ1v) is 9.35. The summed E-state index contributed by atoms with van der Waals surface area (Å²) in [5.41, 5.74) is 3.27. The largest absolute Gasteiger partial charge is 0.369 e. The molecule has 0 aliphatic carbocycles. The summed E-state index contributed by atoms with van der Waals surface area (Å²) < 4.78 is 2.18. The minimum absolute atomic E-state index is 0.640. The summed E-state index contributed by atoms with van der Waals surface area (Å²) in [6.07, 6.45) is 5.05. The van der Waals surface area contributed by atoms with Crippen LogP contribution in [0.4, 0.5) is 17.3 Å². The maximum atomic E-state index is 4.69. The molecule has 2 aromatic heterocycles. The molecule has 1 saturated heterocycles. The molecular formula is C20H26N6. The van der Waals surface area contributed by atoms with Crippen LogP contribution in [0.25, 0.3) is 11.0 Å². The van der Waals surface area contributed by atoms with Crippen LogP contribution in [0.2, 0.25) is 0 Å². The third-order valence-corrected chi connectivity index (χ3v) is 4.96. The number of aromatic nitrogens is 3. The van der Waals surface area contributed by atoms with Gasteiger partial charge >= 0.3 is 0 Å². The Hall–Kier alpha value is -2.60. The molecule has 26 heavy (non-hydrogen) atoms. The fourth-order valence-corrected chi connectivity index (χ4v) is 3.40. The third-order valence-electron chi connectivity index (χ3n) is 4.96. The number of piperazine rings is 1. The normalized spacial score (nSPS) is 15.5. The maximum absolute atomic E-state index is 4.69. The second-order valence-electron chi connectivity index (χ2n) is 6.94. The zero-order valence-corrected chi connectivity index (χ0v) is 15.5. The molecule has 0 spiro atoms. The Labute approximate surface area is 154 Å². The number of aryl methyl sites for hydroxylation is 1. The lowest BCUT2D eigenvalue weighted by Crippen LogP contribution is -2.44. The standard InChI is InChI=1S/C20H26N6/c1-3-9-26-10-8-16-15-21-20(23-19(16)26)22-17-4-6-18(7-5-17)25-13-11-24(2)12-14-25/h4-8,10,15H,3,9,11-14H2,1-2H3,(H,21,22,23). The molecule has 1 aliphatic heterocycles. The van der Waals surface area contributed by atoms with Gasteiger partial charge in [-0.3, -0.25) is 0 Å². The summed E-state index contributed by atoms with van der Waals surface area (Å²) >= 11 is 0. The molecule has 1 aromatic carbocycles. The number of nitrogens with zero attached hydrogens (tertiary/aromatic N) is 5. The van der Waals surface area contributed by atoms with Gasteiger partial charge in [0.1, 0.15) is 5.65 Å². The first-order chi connectivity index (χ1) is 12.7. The molecule has 6 heteroatoms. The van der Waals surface area contributed by atoms with Crippen LogP contribution in [-0.2, 0) is 6.54 Å². The molecule has 136 valence electrons. The summed E-state index contributed by atoms with van der Waals surface area (Å²) in [6, 6.07) is 10.6. The van der Waals surface area contributed by atoms with Crippen LogP contribution >= 0.6 is 0 Å². The first kappa shape index (κ1) is 16.8. The van der Waals surface area contributed by atoms with E-state index < -0.39 is 0 Å². The molecule has 0 radical (unpaired) electrons. The Kier molecular flexibility index (Phi) is 4.75. The van der Waals surface area contributed by atoms with Crippen molar-refractivity contribution in [2.24, 2.45) is 0 Å². The Morgan fingerprint density at radius 3 is 2.54 bits per heavy atom. The van der Waals surface area contributed by atoms with E-state index in [-0.39, 0.29) is 0 Å². The average molecular weight is 350 g/mol. The van der Waals surface area contributed by atoms with E-state index >= 15 is 0 Å². The minimum atomic E-state index is 0.640. The predicted octanol–water partition coefficient (Wildman–Crippen LogP) is 3.34. The van der Waals surface area contributed by atoms with Gasteiger partial charge in [0.2, 0.25) is 5.95 Å². The molecule has 1 fully saturated rings. The van der Waals surface area contributed by atoms with Gasteiger partial charge in [-0.25, -0.2) is 4.98 Å². The van der Waals surface area contributed by atoms with Crippen LogP contribution in [-0.4, -0.2) is 52.7 Å². The Bertz CT molecular complexity index is 862. The van der Waals surface area contributed by atoms with Gasteiger partial charge in [-0.15, -0.1) is 0 Å². The Balaban J connectivity index is 1.48. The molecule has 0 saturated carbocycles. The zero-order chi connectivity index (χ0) is 17.9. The monoisotopic (exact) mass is 350 g/mol. The Morgan fingerprint density at radius 2 is 1.81 bits per heavy atom. The number of anilines is 3. The van der Waals surface area contributed by atoms with Crippen molar-refractivity contribution < 1.29 is 0 Å². The summed E-state index contributed by atoms with van der Waals surface area (Å²) in [7, 11) is 2.18. The van der Waals surface area contributed by atoms with Gasteiger partial charge in [-0.05, 0) is 43.8 Å². The van der Waals surface area contributed by atoms with Crippen molar-refractivity contribution in [1.82, 2.24) is 19.4 Å². The van der Waals surface area contributed by atoms with Crippen molar-refractivity contribution in [3.63, 3.8) is 0 Å². The van der Waals surface area contributed by atoms with Crippen LogP contribution in [0, 0.1) is 0 Å². The van der Waals surface area contributed by atoms with Crippen molar-refractivity contribution >= 4 is 28.4 Å². The van der Waals surface area contributed by atoms with E-state index in [1.165, 1.54) is 5.69 Å². The lowest BCUT2D eigenvalue weighted by Gasteiger charge is -2.34. The van der Waals surface area contributed by atoms with E-state index in [2.05, 4.69) is 75.2 Å². The van der Waals surface area contributed by atoms with Gasteiger partial charge in [-0.1, -0.05) is 6.92 Å². The summed E-state index contributed by atoms with van der Waals surface area (Å²) in [5.74, 6) is 0.640. The van der Waals surface area contributed by atoms with Crippen LogP contribution in [0.15, 0.2) is 42.7 Å². The smallest absolute Gasteiger partial charge is 0.229 e. The van der Waals surface area contributed by atoms with Gasteiger partial charge in [0.15, 0.2) is 0 Å². The lowest BCUT2D eigenvalue weighted by molar-refractivity contribution is 0.313. The summed E-state index contributed by atoms with van der Waals surface area (Å²) in [4.78, 5) is 13.9. The molecule has 1 aliphatic rings. The van der Waals surface area contributed by atoms with E-state index in [4.69, 9.17) is 4.98 Å². The van der Waals surface area contributed by atoms with Gasteiger partial charge < -0.3 is 19.7 Å². The molecule has 3 aromatic rings. The quantitative estimate of drug-likeness (QED) is 0.765. The number of rotatable bonds is 5. The topological polar surface area (TPSA) is 49.2 Å². The second kappa shape index (κ2) is 7.33. The summed E-state index contributed by atoms with van der Waals surface area (Å²) in [5, 5.41) is 4.41. The zero-order valence-electron chi connectivity index (χ0n) is 15.5. The van der Waals surface area contributed by atoms with Gasteiger partial charge in [0, 0.05) is 61.9 Å². The fourth-order valence-electron chi connectivity index (χ4n) is 3.40. The fraction of sp³-hybridized carbons (Fsp3) is 0.400. The predicted molar refractivity (Wildman–Crippen MR) is 107 cm³/mol. The van der Waals surface area contributed by atoms with Crippen molar-refractivity contribution in [1.29, 1.82) is 0 Å². The van der Waals surface area contributed by atoms with Crippen LogP contribution in [0.3, 0.4) is 0 Å². The van der Waals surface area contributed by atoms with Crippen molar-refractivity contribution in [2.75, 3.05) is 43.4 Å². The van der Waals surface area contributed by atoms with E-state index in [0.29, 0.717) is 5.95 Å². The second-order valence-corrected chi connectivity index (χ2v) is 6.94. The highest BCUT2D eigenvalue weighted by Gasteiger charge is 2.14. The average Bonchev–Trinajstić information content (AvgIpc) is 3.06. The molecule has 4 rings (SSSR count). The maximum Gasteiger partial charge on any atom is 0.229 e. The van der Waals surface area contributed by atoms with Crippen LogP contribution in [0.1, 0.15) is 13.3 Å². The minimum Gasteiger partial charge on any atom is -0.369 e. The van der Waals surface area contributed by atoms with Crippen LogP contribution < -0.4 is 10.2 Å². The van der Waals surface area contributed by atoms with Gasteiger partial charge in [0.25, 0.3) is 0 Å². The van der Waals surface area contributed by atoms with E-state index in [9.17, 15) is 0 Å². The van der Waals surface area contributed by atoms with Crippen LogP contribution in [0.5, 0.6) is 0 Å². The molecule has 6 nitrogen and oxygen atoms in total. The molecule has 0 bridgehead atoms. The highest BCUT2D eigenvalue weighted by atomic mass is 15.2. The summed E-state index contributed by atoms with van der Waals surface area (Å²) in [6.45, 7) is 7.54. The van der Waals surface area contributed by atoms with Crippen molar-refractivity contribution in [2.45, 2.75) is 19.9 Å². The number of fused-ring (bicyclic) bond motifs is 1. The molecular weight excluding hydrogens is 324 g/mol. The number of benzene rings is 1. The number of hydrogen-bond donors (Lipinski definition) is 1. The van der Waals surface area contributed by atoms with Gasteiger partial charge in [-0.2, -0.15) is 4.98 Å². The Morgan fingerprint density at radius 1 is 1.04 bits per heavy atom. The van der Waals surface area contributed by atoms with Gasteiger partial charge in [0.05, 0.1) is 0 Å². The molecule has 0 atom stereocenters. The van der Waals surface area contributed by atoms with Crippen molar-refractivity contribution in [3.8, 4) is 0 Å². The number of nitrogens with one attached hydrogen (secondary N) is 1. The van der Waals surface area contributed by atoms with E-state index in [1.54, 1.807) is 0 Å². The molecule has 0 amide bonds. The first-order valence-electron chi connectivity index (χ1n) is 9.35.